The highest BCUT2D eigenvalue weighted by Crippen LogP contribution is 2.21. The van der Waals surface area contributed by atoms with Gasteiger partial charge in [-0.15, -0.1) is 11.3 Å². The number of carbonyl (C=O) groups excluding carboxylic acids is 1. The van der Waals surface area contributed by atoms with Crippen molar-refractivity contribution >= 4 is 29.1 Å². The SMILES string of the molecule is CN(CCO)c1ccc(/C=N\NC(=O)Cc2nc(-c3ccccc3)cs2)cc1. The number of nitrogens with zero attached hydrogens (tertiary/aromatic N) is 3. The van der Waals surface area contributed by atoms with Gasteiger partial charge in [-0.05, 0) is 17.7 Å². The van der Waals surface area contributed by atoms with E-state index in [1.54, 1.807) is 6.21 Å². The number of amides is 1. The highest BCUT2D eigenvalue weighted by atomic mass is 32.1. The number of hydrogen-bond acceptors (Lipinski definition) is 6. The predicted octanol–water partition coefficient (Wildman–Crippen LogP) is 2.93. The largest absolute Gasteiger partial charge is 0.395 e. The van der Waals surface area contributed by atoms with Crippen molar-refractivity contribution in [2.24, 2.45) is 5.10 Å². The van der Waals surface area contributed by atoms with Crippen LogP contribution in [0.5, 0.6) is 0 Å². The molecule has 6 nitrogen and oxygen atoms in total. The second-order valence-electron chi connectivity index (χ2n) is 6.20. The van der Waals surface area contributed by atoms with Crippen molar-refractivity contribution in [2.45, 2.75) is 6.42 Å². The van der Waals surface area contributed by atoms with Gasteiger partial charge < -0.3 is 10.0 Å². The molecule has 1 aromatic heterocycles. The fraction of sp³-hybridized carbons (Fsp3) is 0.190. The third-order valence-corrected chi connectivity index (χ3v) is 4.95. The number of thiazole rings is 1. The summed E-state index contributed by atoms with van der Waals surface area (Å²) in [5, 5.41) is 15.7. The Bertz CT molecular complexity index is 923. The first-order valence-corrected chi connectivity index (χ1v) is 9.77. The van der Waals surface area contributed by atoms with E-state index in [0.717, 1.165) is 27.5 Å². The van der Waals surface area contributed by atoms with Gasteiger partial charge in [-0.2, -0.15) is 5.10 Å². The molecule has 0 spiro atoms. The minimum Gasteiger partial charge on any atom is -0.395 e. The third kappa shape index (κ3) is 5.48. The molecule has 7 heteroatoms. The number of nitrogens with one attached hydrogen (secondary N) is 1. The van der Waals surface area contributed by atoms with E-state index in [9.17, 15) is 4.79 Å². The highest BCUT2D eigenvalue weighted by molar-refractivity contribution is 7.10. The average molecular weight is 395 g/mol. The number of benzene rings is 2. The second-order valence-corrected chi connectivity index (χ2v) is 7.14. The quantitative estimate of drug-likeness (QED) is 0.455. The van der Waals surface area contributed by atoms with E-state index in [1.807, 2.05) is 71.9 Å². The summed E-state index contributed by atoms with van der Waals surface area (Å²) in [5.74, 6) is -0.204. The number of aliphatic hydroxyl groups is 1. The van der Waals surface area contributed by atoms with Crippen molar-refractivity contribution in [3.63, 3.8) is 0 Å². The summed E-state index contributed by atoms with van der Waals surface area (Å²) in [6.45, 7) is 0.684. The first kappa shape index (κ1) is 19.7. The van der Waals surface area contributed by atoms with E-state index in [1.165, 1.54) is 11.3 Å². The van der Waals surface area contributed by atoms with Gasteiger partial charge in [-0.3, -0.25) is 4.79 Å². The second kappa shape index (κ2) is 9.77. The van der Waals surface area contributed by atoms with E-state index in [2.05, 4.69) is 15.5 Å². The Balaban J connectivity index is 1.51. The number of anilines is 1. The fourth-order valence-electron chi connectivity index (χ4n) is 2.58. The molecule has 0 aliphatic carbocycles. The van der Waals surface area contributed by atoms with E-state index >= 15 is 0 Å². The lowest BCUT2D eigenvalue weighted by molar-refractivity contribution is -0.120. The van der Waals surface area contributed by atoms with Crippen molar-refractivity contribution < 1.29 is 9.90 Å². The number of hydrogen-bond donors (Lipinski definition) is 2. The van der Waals surface area contributed by atoms with Gasteiger partial charge in [0.05, 0.1) is 24.9 Å². The summed E-state index contributed by atoms with van der Waals surface area (Å²) in [6.07, 6.45) is 1.80. The third-order valence-electron chi connectivity index (χ3n) is 4.11. The summed E-state index contributed by atoms with van der Waals surface area (Å²) < 4.78 is 0. The molecule has 1 heterocycles. The Morgan fingerprint density at radius 1 is 1.21 bits per heavy atom. The maximum Gasteiger partial charge on any atom is 0.246 e. The number of likely N-dealkylation sites (N-methyl/N-ethyl adjacent to an activating group) is 1. The van der Waals surface area contributed by atoms with Gasteiger partial charge in [0.25, 0.3) is 0 Å². The Kier molecular flexibility index (Phi) is 6.89. The van der Waals surface area contributed by atoms with Crippen LogP contribution in [0.25, 0.3) is 11.3 Å². The van der Waals surface area contributed by atoms with Gasteiger partial charge in [0, 0.05) is 30.2 Å². The summed E-state index contributed by atoms with van der Waals surface area (Å²) in [4.78, 5) is 18.5. The van der Waals surface area contributed by atoms with Gasteiger partial charge in [0.15, 0.2) is 0 Å². The van der Waals surface area contributed by atoms with E-state index < -0.39 is 0 Å². The summed E-state index contributed by atoms with van der Waals surface area (Å²) >= 11 is 1.46. The van der Waals surface area contributed by atoms with E-state index in [0.29, 0.717) is 6.54 Å². The van der Waals surface area contributed by atoms with Crippen LogP contribution >= 0.6 is 11.3 Å². The van der Waals surface area contributed by atoms with Crippen LogP contribution in [0.3, 0.4) is 0 Å². The van der Waals surface area contributed by atoms with E-state index in [-0.39, 0.29) is 18.9 Å². The van der Waals surface area contributed by atoms with Gasteiger partial charge >= 0.3 is 0 Å². The monoisotopic (exact) mass is 394 g/mol. The van der Waals surface area contributed by atoms with Crippen molar-refractivity contribution in [1.29, 1.82) is 0 Å². The van der Waals surface area contributed by atoms with Crippen molar-refractivity contribution in [1.82, 2.24) is 10.4 Å². The molecule has 28 heavy (non-hydrogen) atoms. The molecule has 3 rings (SSSR count). The molecule has 3 aromatic rings. The minimum absolute atomic E-state index is 0.109. The molecule has 0 aliphatic rings. The first-order chi connectivity index (χ1) is 13.7. The maximum absolute atomic E-state index is 12.1. The molecule has 2 N–H and O–H groups in total. The molecule has 144 valence electrons. The smallest absolute Gasteiger partial charge is 0.246 e. The first-order valence-electron chi connectivity index (χ1n) is 8.89. The Labute approximate surface area is 168 Å². The van der Waals surface area contributed by atoms with Crippen molar-refractivity contribution in [2.75, 3.05) is 25.1 Å². The fourth-order valence-corrected chi connectivity index (χ4v) is 3.39. The summed E-state index contributed by atoms with van der Waals surface area (Å²) in [7, 11) is 1.92. The Hall–Kier alpha value is -3.03. The lowest BCUT2D eigenvalue weighted by Gasteiger charge is -2.17. The molecule has 2 aromatic carbocycles. The molecule has 0 bridgehead atoms. The van der Waals surface area contributed by atoms with Crippen LogP contribution in [0.15, 0.2) is 65.1 Å². The molecule has 0 radical (unpaired) electrons. The molecule has 0 atom stereocenters. The standard InChI is InChI=1S/C21H22N4O2S/c1-25(11-12-26)18-9-7-16(8-10-18)14-22-24-20(27)13-21-23-19(15-28-21)17-5-3-2-4-6-17/h2-10,14-15,26H,11-13H2,1H3,(H,24,27)/b22-14-. The van der Waals surface area contributed by atoms with Crippen LogP contribution in [-0.2, 0) is 11.2 Å². The van der Waals surface area contributed by atoms with Gasteiger partial charge in [0.2, 0.25) is 5.91 Å². The lowest BCUT2D eigenvalue weighted by atomic mass is 10.2. The van der Waals surface area contributed by atoms with Gasteiger partial charge in [0.1, 0.15) is 5.01 Å². The number of aromatic nitrogens is 1. The van der Waals surface area contributed by atoms with Gasteiger partial charge in [-0.25, -0.2) is 10.4 Å². The van der Waals surface area contributed by atoms with Crippen LogP contribution in [0.1, 0.15) is 10.6 Å². The predicted molar refractivity (Wildman–Crippen MR) is 114 cm³/mol. The molecule has 0 aliphatic heterocycles. The van der Waals surface area contributed by atoms with E-state index in [4.69, 9.17) is 5.11 Å². The van der Waals surface area contributed by atoms with Crippen LogP contribution in [-0.4, -0.2) is 42.4 Å². The zero-order chi connectivity index (χ0) is 19.8. The van der Waals surface area contributed by atoms with Crippen molar-refractivity contribution in [3.05, 3.63) is 70.5 Å². The normalized spacial score (nSPS) is 10.9. The minimum atomic E-state index is -0.204. The van der Waals surface area contributed by atoms with Gasteiger partial charge in [-0.1, -0.05) is 42.5 Å². The zero-order valence-electron chi connectivity index (χ0n) is 15.6. The topological polar surface area (TPSA) is 77.8 Å². The summed E-state index contributed by atoms with van der Waals surface area (Å²) in [5.41, 5.74) is 6.34. The molecule has 0 fully saturated rings. The molecular weight excluding hydrogens is 372 g/mol. The summed E-state index contributed by atoms with van der Waals surface area (Å²) in [6, 6.07) is 17.6. The molecule has 0 unspecified atom stereocenters. The van der Waals surface area contributed by atoms with Crippen LogP contribution in [0.4, 0.5) is 5.69 Å². The molecule has 0 saturated heterocycles. The zero-order valence-corrected chi connectivity index (χ0v) is 16.4. The Morgan fingerprint density at radius 2 is 1.96 bits per heavy atom. The molecular formula is C21H22N4O2S. The van der Waals surface area contributed by atoms with Crippen LogP contribution < -0.4 is 10.3 Å². The van der Waals surface area contributed by atoms with Crippen molar-refractivity contribution in [3.8, 4) is 11.3 Å². The highest BCUT2D eigenvalue weighted by Gasteiger charge is 2.08. The van der Waals surface area contributed by atoms with Crippen LogP contribution in [0.2, 0.25) is 0 Å². The average Bonchev–Trinajstić information content (AvgIpc) is 3.18. The maximum atomic E-state index is 12.1. The number of carbonyl (C=O) groups is 1. The molecule has 0 saturated carbocycles. The molecule has 1 amide bonds. The number of rotatable bonds is 8. The van der Waals surface area contributed by atoms with Crippen LogP contribution in [0, 0.1) is 0 Å². The lowest BCUT2D eigenvalue weighted by Crippen LogP contribution is -2.21. The number of aliphatic hydroxyl groups excluding tert-OH is 1. The number of hydrazone groups is 1. The Morgan fingerprint density at radius 3 is 2.68 bits per heavy atom.